The molecule has 9 heteroatoms. The lowest BCUT2D eigenvalue weighted by Gasteiger charge is -2.16. The van der Waals surface area contributed by atoms with Gasteiger partial charge in [-0.2, -0.15) is 13.2 Å². The fraction of sp³-hybridized carbons (Fsp3) is 0.400. The Morgan fingerprint density at radius 3 is 2.53 bits per heavy atom. The molecule has 0 radical (unpaired) electrons. The fourth-order valence-corrected chi connectivity index (χ4v) is 2.54. The van der Waals surface area contributed by atoms with Crippen LogP contribution in [0.15, 0.2) is 15.9 Å². The molecule has 106 valence electrons. The van der Waals surface area contributed by atoms with Gasteiger partial charge < -0.3 is 10.2 Å². The van der Waals surface area contributed by atoms with Crippen LogP contribution in [0.5, 0.6) is 0 Å². The molecule has 0 aromatic carbocycles. The molecule has 0 atom stereocenters. The summed E-state index contributed by atoms with van der Waals surface area (Å²) in [6.45, 7) is -1.83. The lowest BCUT2D eigenvalue weighted by Crippen LogP contribution is -2.41. The van der Waals surface area contributed by atoms with Gasteiger partial charge in [0.1, 0.15) is 6.54 Å². The van der Waals surface area contributed by atoms with E-state index in [1.165, 1.54) is 18.4 Å². The van der Waals surface area contributed by atoms with Gasteiger partial charge >= 0.3 is 6.18 Å². The largest absolute Gasteiger partial charge is 0.405 e. The predicted octanol–water partition coefficient (Wildman–Crippen LogP) is 2.26. The SMILES string of the molecule is CN(CC(=O)NCC(F)(F)F)C(=O)c1ccc(Br)s1. The second-order valence-electron chi connectivity index (χ2n) is 3.66. The Morgan fingerprint density at radius 2 is 2.05 bits per heavy atom. The lowest BCUT2D eigenvalue weighted by atomic mass is 10.4. The molecule has 0 fully saturated rings. The number of halogens is 4. The van der Waals surface area contributed by atoms with E-state index < -0.39 is 31.1 Å². The number of nitrogens with one attached hydrogen (secondary N) is 1. The van der Waals surface area contributed by atoms with E-state index in [2.05, 4.69) is 15.9 Å². The standard InChI is InChI=1S/C10H10BrF3N2O2S/c1-16(4-8(17)15-5-10(12,13)14)9(18)6-2-3-7(11)19-6/h2-3H,4-5H2,1H3,(H,15,17). The lowest BCUT2D eigenvalue weighted by molar-refractivity contribution is -0.138. The fourth-order valence-electron chi connectivity index (χ4n) is 1.16. The van der Waals surface area contributed by atoms with Gasteiger partial charge in [0.25, 0.3) is 5.91 Å². The zero-order valence-corrected chi connectivity index (χ0v) is 12.2. The van der Waals surface area contributed by atoms with E-state index >= 15 is 0 Å². The minimum Gasteiger partial charge on any atom is -0.345 e. The maximum absolute atomic E-state index is 11.9. The third kappa shape index (κ3) is 5.60. The van der Waals surface area contributed by atoms with Crippen molar-refractivity contribution in [3.8, 4) is 0 Å². The number of thiophene rings is 1. The van der Waals surface area contributed by atoms with E-state index in [9.17, 15) is 22.8 Å². The van der Waals surface area contributed by atoms with Crippen molar-refractivity contribution in [1.29, 1.82) is 0 Å². The Bertz CT molecular complexity index is 476. The molecule has 19 heavy (non-hydrogen) atoms. The minimum absolute atomic E-state index is 0.401. The highest BCUT2D eigenvalue weighted by Crippen LogP contribution is 2.22. The topological polar surface area (TPSA) is 49.4 Å². The average Bonchev–Trinajstić information content (AvgIpc) is 2.71. The van der Waals surface area contributed by atoms with Gasteiger partial charge in [0.2, 0.25) is 5.91 Å². The van der Waals surface area contributed by atoms with Crippen molar-refractivity contribution in [2.75, 3.05) is 20.1 Å². The molecule has 0 aliphatic rings. The Labute approximate surface area is 119 Å². The molecule has 0 saturated heterocycles. The Balaban J connectivity index is 2.48. The molecule has 1 rings (SSSR count). The zero-order valence-electron chi connectivity index (χ0n) is 9.75. The first-order valence-electron chi connectivity index (χ1n) is 5.03. The van der Waals surface area contributed by atoms with Gasteiger partial charge in [-0.3, -0.25) is 9.59 Å². The quantitative estimate of drug-likeness (QED) is 0.897. The molecular formula is C10H10BrF3N2O2S. The van der Waals surface area contributed by atoms with Gasteiger partial charge in [0.15, 0.2) is 0 Å². The molecule has 0 saturated carbocycles. The van der Waals surface area contributed by atoms with Crippen LogP contribution in [-0.4, -0.2) is 43.0 Å². The normalized spacial score (nSPS) is 11.2. The summed E-state index contributed by atoms with van der Waals surface area (Å²) in [5.41, 5.74) is 0. The summed E-state index contributed by atoms with van der Waals surface area (Å²) in [6, 6.07) is 3.25. The van der Waals surface area contributed by atoms with E-state index in [0.717, 1.165) is 8.69 Å². The summed E-state index contributed by atoms with van der Waals surface area (Å²) in [6.07, 6.45) is -4.46. The summed E-state index contributed by atoms with van der Waals surface area (Å²) >= 11 is 4.37. The maximum Gasteiger partial charge on any atom is 0.405 e. The molecule has 0 spiro atoms. The summed E-state index contributed by atoms with van der Waals surface area (Å²) in [7, 11) is 1.35. The second kappa shape index (κ2) is 6.38. The summed E-state index contributed by atoms with van der Waals surface area (Å²) < 4.78 is 36.4. The van der Waals surface area contributed by atoms with Gasteiger partial charge in [-0.1, -0.05) is 0 Å². The van der Waals surface area contributed by atoms with Crippen molar-refractivity contribution >= 4 is 39.1 Å². The summed E-state index contributed by atoms with van der Waals surface area (Å²) in [4.78, 5) is 24.5. The number of alkyl halides is 3. The second-order valence-corrected chi connectivity index (χ2v) is 6.12. The van der Waals surface area contributed by atoms with Crippen LogP contribution in [0, 0.1) is 0 Å². The number of carbonyl (C=O) groups excluding carboxylic acids is 2. The van der Waals surface area contributed by atoms with Crippen LogP contribution in [0.25, 0.3) is 0 Å². The van der Waals surface area contributed by atoms with E-state index in [1.54, 1.807) is 17.4 Å². The van der Waals surface area contributed by atoms with Crippen LogP contribution < -0.4 is 5.32 Å². The number of carbonyl (C=O) groups is 2. The van der Waals surface area contributed by atoms with Crippen molar-refractivity contribution in [2.24, 2.45) is 0 Å². The van der Waals surface area contributed by atoms with Gasteiger partial charge in [0, 0.05) is 7.05 Å². The highest BCUT2D eigenvalue weighted by Gasteiger charge is 2.28. The van der Waals surface area contributed by atoms with Crippen LogP contribution in [0.2, 0.25) is 0 Å². The van der Waals surface area contributed by atoms with Gasteiger partial charge in [-0.15, -0.1) is 11.3 Å². The maximum atomic E-state index is 11.9. The van der Waals surface area contributed by atoms with Gasteiger partial charge in [0.05, 0.1) is 15.2 Å². The van der Waals surface area contributed by atoms with Crippen LogP contribution in [0.3, 0.4) is 0 Å². The third-order valence-electron chi connectivity index (χ3n) is 2.00. The van der Waals surface area contributed by atoms with Crippen molar-refractivity contribution in [3.63, 3.8) is 0 Å². The highest BCUT2D eigenvalue weighted by atomic mass is 79.9. The van der Waals surface area contributed by atoms with Gasteiger partial charge in [-0.25, -0.2) is 0 Å². The highest BCUT2D eigenvalue weighted by molar-refractivity contribution is 9.11. The van der Waals surface area contributed by atoms with Crippen molar-refractivity contribution < 1.29 is 22.8 Å². The molecule has 0 unspecified atom stereocenters. The first-order valence-corrected chi connectivity index (χ1v) is 6.64. The molecule has 0 aliphatic carbocycles. The first-order chi connectivity index (χ1) is 8.69. The molecule has 0 bridgehead atoms. The molecule has 2 amide bonds. The molecular weight excluding hydrogens is 349 g/mol. The molecule has 1 aromatic heterocycles. The predicted molar refractivity (Wildman–Crippen MR) is 68.0 cm³/mol. The third-order valence-corrected chi connectivity index (χ3v) is 3.61. The summed E-state index contributed by atoms with van der Waals surface area (Å²) in [5.74, 6) is -1.28. The van der Waals surface area contributed by atoms with Crippen molar-refractivity contribution in [2.45, 2.75) is 6.18 Å². The molecule has 0 aliphatic heterocycles. The number of likely N-dealkylation sites (N-methyl/N-ethyl adjacent to an activating group) is 1. The van der Waals surface area contributed by atoms with Crippen LogP contribution in [0.4, 0.5) is 13.2 Å². The summed E-state index contributed by atoms with van der Waals surface area (Å²) in [5, 5.41) is 1.70. The van der Waals surface area contributed by atoms with Crippen LogP contribution in [0.1, 0.15) is 9.67 Å². The van der Waals surface area contributed by atoms with E-state index in [-0.39, 0.29) is 0 Å². The average molecular weight is 359 g/mol. The Morgan fingerprint density at radius 1 is 1.42 bits per heavy atom. The molecule has 1 aromatic rings. The zero-order chi connectivity index (χ0) is 14.6. The Hall–Kier alpha value is -1.09. The van der Waals surface area contributed by atoms with E-state index in [0.29, 0.717) is 4.88 Å². The first kappa shape index (κ1) is 16.0. The number of hydrogen-bond acceptors (Lipinski definition) is 3. The number of amides is 2. The van der Waals surface area contributed by atoms with E-state index in [1.807, 2.05) is 0 Å². The number of nitrogens with zero attached hydrogens (tertiary/aromatic N) is 1. The molecule has 1 heterocycles. The molecule has 1 N–H and O–H groups in total. The van der Waals surface area contributed by atoms with Crippen LogP contribution >= 0.6 is 27.3 Å². The monoisotopic (exact) mass is 358 g/mol. The van der Waals surface area contributed by atoms with Crippen LogP contribution in [-0.2, 0) is 4.79 Å². The molecule has 4 nitrogen and oxygen atoms in total. The number of hydrogen-bond donors (Lipinski definition) is 1. The van der Waals surface area contributed by atoms with E-state index in [4.69, 9.17) is 0 Å². The van der Waals surface area contributed by atoms with Crippen molar-refractivity contribution in [1.82, 2.24) is 10.2 Å². The van der Waals surface area contributed by atoms with Crippen molar-refractivity contribution in [3.05, 3.63) is 20.8 Å². The number of rotatable bonds is 4. The minimum atomic E-state index is -4.46. The van der Waals surface area contributed by atoms with Gasteiger partial charge in [-0.05, 0) is 28.1 Å². The Kier molecular flexibility index (Phi) is 5.36. The smallest absolute Gasteiger partial charge is 0.345 e.